The van der Waals surface area contributed by atoms with Gasteiger partial charge in [-0.15, -0.1) is 0 Å². The topological polar surface area (TPSA) is 54.4 Å². The Bertz CT molecular complexity index is 317. The standard InChI is InChI=1S/C10H14N2O2/c1-14-8-3-2-5-11-10(8)9-7(13)4-6-12-9/h2-3,5,7,9,12-13H,4,6H2,1H3. The molecule has 76 valence electrons. The van der Waals surface area contributed by atoms with Crippen molar-refractivity contribution in [1.82, 2.24) is 10.3 Å². The number of aliphatic hydroxyl groups is 1. The van der Waals surface area contributed by atoms with Crippen molar-refractivity contribution in [1.29, 1.82) is 0 Å². The maximum absolute atomic E-state index is 9.70. The summed E-state index contributed by atoms with van der Waals surface area (Å²) in [7, 11) is 1.61. The van der Waals surface area contributed by atoms with E-state index in [0.29, 0.717) is 0 Å². The van der Waals surface area contributed by atoms with E-state index >= 15 is 0 Å². The van der Waals surface area contributed by atoms with Gasteiger partial charge >= 0.3 is 0 Å². The fourth-order valence-electron chi connectivity index (χ4n) is 1.78. The summed E-state index contributed by atoms with van der Waals surface area (Å²) in [5.74, 6) is 0.728. The Hall–Kier alpha value is -1.13. The van der Waals surface area contributed by atoms with Gasteiger partial charge in [0.15, 0.2) is 0 Å². The maximum Gasteiger partial charge on any atom is 0.142 e. The van der Waals surface area contributed by atoms with Crippen LogP contribution in [0.25, 0.3) is 0 Å². The van der Waals surface area contributed by atoms with Gasteiger partial charge in [0.1, 0.15) is 11.4 Å². The van der Waals surface area contributed by atoms with E-state index in [-0.39, 0.29) is 12.1 Å². The minimum atomic E-state index is -0.362. The minimum Gasteiger partial charge on any atom is -0.495 e. The fraction of sp³-hybridized carbons (Fsp3) is 0.500. The molecule has 0 spiro atoms. The van der Waals surface area contributed by atoms with E-state index in [9.17, 15) is 5.11 Å². The third-order valence-electron chi connectivity index (χ3n) is 2.50. The quantitative estimate of drug-likeness (QED) is 0.719. The smallest absolute Gasteiger partial charge is 0.142 e. The molecule has 2 unspecified atom stereocenters. The van der Waals surface area contributed by atoms with Crippen LogP contribution in [-0.2, 0) is 0 Å². The molecule has 1 fully saturated rings. The minimum absolute atomic E-state index is 0.0915. The van der Waals surface area contributed by atoms with E-state index < -0.39 is 0 Å². The second-order valence-electron chi connectivity index (χ2n) is 3.38. The summed E-state index contributed by atoms with van der Waals surface area (Å²) in [6.45, 7) is 0.825. The first-order chi connectivity index (χ1) is 6.83. The maximum atomic E-state index is 9.70. The lowest BCUT2D eigenvalue weighted by Gasteiger charge is -2.16. The van der Waals surface area contributed by atoms with Crippen LogP contribution in [0.5, 0.6) is 5.75 Å². The summed E-state index contributed by atoms with van der Waals surface area (Å²) in [5.41, 5.74) is 0.792. The molecule has 0 aromatic carbocycles. The summed E-state index contributed by atoms with van der Waals surface area (Å²) in [4.78, 5) is 4.23. The summed E-state index contributed by atoms with van der Waals surface area (Å²) in [6, 6.07) is 3.59. The van der Waals surface area contributed by atoms with Gasteiger partial charge in [0.25, 0.3) is 0 Å². The molecule has 2 N–H and O–H groups in total. The summed E-state index contributed by atoms with van der Waals surface area (Å²) >= 11 is 0. The molecule has 2 rings (SSSR count). The predicted molar refractivity (Wildman–Crippen MR) is 52.2 cm³/mol. The first-order valence-electron chi connectivity index (χ1n) is 4.73. The lowest BCUT2D eigenvalue weighted by molar-refractivity contribution is 0.157. The number of hydrogen-bond donors (Lipinski definition) is 2. The van der Waals surface area contributed by atoms with Crippen LogP contribution in [0, 0.1) is 0 Å². The highest BCUT2D eigenvalue weighted by atomic mass is 16.5. The number of aliphatic hydroxyl groups excluding tert-OH is 1. The van der Waals surface area contributed by atoms with Crippen molar-refractivity contribution < 1.29 is 9.84 Å². The molecule has 1 saturated heterocycles. The first-order valence-corrected chi connectivity index (χ1v) is 4.73. The molecule has 1 aliphatic heterocycles. The van der Waals surface area contributed by atoms with E-state index in [4.69, 9.17) is 4.74 Å². The number of nitrogens with zero attached hydrogens (tertiary/aromatic N) is 1. The third kappa shape index (κ3) is 1.58. The predicted octanol–water partition coefficient (Wildman–Crippen LogP) is 0.485. The molecule has 0 amide bonds. The molecule has 14 heavy (non-hydrogen) atoms. The van der Waals surface area contributed by atoms with Gasteiger partial charge < -0.3 is 15.2 Å². The van der Waals surface area contributed by atoms with Gasteiger partial charge in [-0.2, -0.15) is 0 Å². The highest BCUT2D eigenvalue weighted by Crippen LogP contribution is 2.28. The monoisotopic (exact) mass is 194 g/mol. The van der Waals surface area contributed by atoms with Gasteiger partial charge in [-0.25, -0.2) is 0 Å². The average molecular weight is 194 g/mol. The second kappa shape index (κ2) is 3.94. The number of methoxy groups -OCH3 is 1. The normalized spacial score (nSPS) is 26.4. The van der Waals surface area contributed by atoms with Crippen molar-refractivity contribution in [2.24, 2.45) is 0 Å². The average Bonchev–Trinajstić information content (AvgIpc) is 2.64. The zero-order chi connectivity index (χ0) is 9.97. The third-order valence-corrected chi connectivity index (χ3v) is 2.50. The summed E-state index contributed by atoms with van der Waals surface area (Å²) < 4.78 is 5.19. The van der Waals surface area contributed by atoms with Crippen molar-refractivity contribution in [3.05, 3.63) is 24.0 Å². The lowest BCUT2D eigenvalue weighted by atomic mass is 10.1. The van der Waals surface area contributed by atoms with Crippen LogP contribution < -0.4 is 10.1 Å². The van der Waals surface area contributed by atoms with E-state index in [0.717, 1.165) is 24.4 Å². The first kappa shape index (κ1) is 9.43. The van der Waals surface area contributed by atoms with E-state index in [1.54, 1.807) is 13.3 Å². The highest BCUT2D eigenvalue weighted by molar-refractivity contribution is 5.30. The van der Waals surface area contributed by atoms with Crippen LogP contribution in [-0.4, -0.2) is 29.8 Å². The Kier molecular flexibility index (Phi) is 2.65. The van der Waals surface area contributed by atoms with Gasteiger partial charge in [-0.1, -0.05) is 0 Å². The van der Waals surface area contributed by atoms with Crippen LogP contribution in [0.2, 0.25) is 0 Å². The van der Waals surface area contributed by atoms with E-state index in [2.05, 4.69) is 10.3 Å². The van der Waals surface area contributed by atoms with Crippen molar-refractivity contribution in [2.45, 2.75) is 18.6 Å². The van der Waals surface area contributed by atoms with Gasteiger partial charge in [0.2, 0.25) is 0 Å². The lowest BCUT2D eigenvalue weighted by Crippen LogP contribution is -2.22. The Morgan fingerprint density at radius 2 is 2.50 bits per heavy atom. The molecule has 0 bridgehead atoms. The molecule has 0 radical (unpaired) electrons. The van der Waals surface area contributed by atoms with Crippen molar-refractivity contribution in [3.8, 4) is 5.75 Å². The molecule has 4 nitrogen and oxygen atoms in total. The Labute approximate surface area is 82.9 Å². The molecule has 0 saturated carbocycles. The fourth-order valence-corrected chi connectivity index (χ4v) is 1.78. The summed E-state index contributed by atoms with van der Waals surface area (Å²) in [5, 5.41) is 12.9. The Morgan fingerprint density at radius 3 is 3.14 bits per heavy atom. The van der Waals surface area contributed by atoms with Crippen molar-refractivity contribution in [2.75, 3.05) is 13.7 Å². The van der Waals surface area contributed by atoms with Crippen molar-refractivity contribution in [3.63, 3.8) is 0 Å². The number of pyridine rings is 1. The Balaban J connectivity index is 2.30. The van der Waals surface area contributed by atoms with Crippen LogP contribution >= 0.6 is 0 Å². The largest absolute Gasteiger partial charge is 0.495 e. The van der Waals surface area contributed by atoms with Crippen LogP contribution in [0.15, 0.2) is 18.3 Å². The van der Waals surface area contributed by atoms with Crippen LogP contribution in [0.4, 0.5) is 0 Å². The number of rotatable bonds is 2. The Morgan fingerprint density at radius 1 is 1.64 bits per heavy atom. The zero-order valence-corrected chi connectivity index (χ0v) is 8.10. The number of hydrogen-bond acceptors (Lipinski definition) is 4. The number of aromatic nitrogens is 1. The van der Waals surface area contributed by atoms with Gasteiger partial charge in [-0.05, 0) is 25.1 Å². The molecule has 2 heterocycles. The molecular weight excluding hydrogens is 180 g/mol. The van der Waals surface area contributed by atoms with Gasteiger partial charge in [0.05, 0.1) is 19.3 Å². The SMILES string of the molecule is COc1cccnc1C1NCCC1O. The number of ether oxygens (including phenoxy) is 1. The molecule has 4 heteroatoms. The molecular formula is C10H14N2O2. The molecule has 2 atom stereocenters. The van der Waals surface area contributed by atoms with Crippen LogP contribution in [0.3, 0.4) is 0 Å². The molecule has 1 aromatic heterocycles. The molecule has 1 aliphatic rings. The summed E-state index contributed by atoms with van der Waals surface area (Å²) in [6.07, 6.45) is 2.12. The van der Waals surface area contributed by atoms with Gasteiger partial charge in [-0.3, -0.25) is 4.98 Å². The molecule has 0 aliphatic carbocycles. The second-order valence-corrected chi connectivity index (χ2v) is 3.38. The van der Waals surface area contributed by atoms with E-state index in [1.807, 2.05) is 12.1 Å². The molecule has 1 aromatic rings. The van der Waals surface area contributed by atoms with Gasteiger partial charge in [0, 0.05) is 6.20 Å². The number of nitrogens with one attached hydrogen (secondary N) is 1. The van der Waals surface area contributed by atoms with Crippen LogP contribution in [0.1, 0.15) is 18.2 Å². The van der Waals surface area contributed by atoms with E-state index in [1.165, 1.54) is 0 Å². The van der Waals surface area contributed by atoms with Crippen molar-refractivity contribution >= 4 is 0 Å². The zero-order valence-electron chi connectivity index (χ0n) is 8.10. The highest BCUT2D eigenvalue weighted by Gasteiger charge is 2.29.